The number of ether oxygens (including phenoxy) is 1. The number of aliphatic hydroxyl groups is 1. The van der Waals surface area contributed by atoms with Crippen molar-refractivity contribution in [1.29, 1.82) is 0 Å². The van der Waals surface area contributed by atoms with Crippen LogP contribution in [0.4, 0.5) is 10.8 Å². The van der Waals surface area contributed by atoms with E-state index < -0.39 is 43.3 Å². The van der Waals surface area contributed by atoms with Gasteiger partial charge in [0.2, 0.25) is 9.84 Å². The number of aromatic nitrogens is 1. The number of hydrogen-bond acceptors (Lipinski definition) is 10. The SMILES string of the molecule is CCOC(=O)c1sc(N2C(=O)C(O)=C(S(=O)(=O)c3ccccc3)[C@@H]2c2cccc([N+](=O)[O-])c2)nc1C. The number of carbonyl (C=O) groups excluding carboxylic acids is 2. The molecule has 0 aliphatic carbocycles. The van der Waals surface area contributed by atoms with Gasteiger partial charge in [-0.3, -0.25) is 19.8 Å². The van der Waals surface area contributed by atoms with Crippen LogP contribution in [0.15, 0.2) is 70.2 Å². The Hall–Kier alpha value is -4.10. The second-order valence-corrected chi connectivity index (χ2v) is 10.5. The van der Waals surface area contributed by atoms with Crippen LogP contribution in [0.2, 0.25) is 0 Å². The highest BCUT2D eigenvalue weighted by molar-refractivity contribution is 7.95. The third-order valence-corrected chi connectivity index (χ3v) is 8.38. The molecule has 1 aromatic heterocycles. The molecule has 1 N–H and O–H groups in total. The number of amides is 1. The monoisotopic (exact) mass is 529 g/mol. The lowest BCUT2D eigenvalue weighted by atomic mass is 10.1. The molecule has 1 aliphatic rings. The molecule has 186 valence electrons. The van der Waals surface area contributed by atoms with Gasteiger partial charge in [0.25, 0.3) is 11.6 Å². The molecule has 4 rings (SSSR count). The molecule has 0 bridgehead atoms. The molecule has 0 saturated carbocycles. The van der Waals surface area contributed by atoms with Crippen molar-refractivity contribution in [3.63, 3.8) is 0 Å². The lowest BCUT2D eigenvalue weighted by Crippen LogP contribution is -2.31. The standard InChI is InChI=1S/C23H19N3O8S2/c1-3-34-22(29)19-13(2)24-23(35-19)25-17(14-8-7-9-15(12-14)26(30)31)20(18(27)21(25)28)36(32,33)16-10-5-4-6-11-16/h4-12,17,27H,3H2,1-2H3/t17-/m0/s1. The van der Waals surface area contributed by atoms with Crippen LogP contribution in [0, 0.1) is 17.0 Å². The van der Waals surface area contributed by atoms with E-state index in [0.717, 1.165) is 22.3 Å². The summed E-state index contributed by atoms with van der Waals surface area (Å²) < 4.78 is 32.2. The number of anilines is 1. The van der Waals surface area contributed by atoms with Crippen LogP contribution in [0.5, 0.6) is 0 Å². The molecule has 0 unspecified atom stereocenters. The summed E-state index contributed by atoms with van der Waals surface area (Å²) in [4.78, 5) is 40.8. The van der Waals surface area contributed by atoms with Crippen LogP contribution in [0.1, 0.15) is 33.9 Å². The number of nitro groups is 1. The predicted molar refractivity (Wildman–Crippen MR) is 129 cm³/mol. The first-order valence-electron chi connectivity index (χ1n) is 10.5. The van der Waals surface area contributed by atoms with E-state index in [2.05, 4.69) is 4.98 Å². The number of rotatable bonds is 7. The van der Waals surface area contributed by atoms with Gasteiger partial charge in [-0.05, 0) is 31.5 Å². The second-order valence-electron chi connectivity index (χ2n) is 7.59. The Balaban J connectivity index is 1.94. The lowest BCUT2D eigenvalue weighted by Gasteiger charge is -2.24. The molecule has 1 atom stereocenters. The van der Waals surface area contributed by atoms with E-state index in [9.17, 15) is 33.2 Å². The second kappa shape index (κ2) is 9.51. The van der Waals surface area contributed by atoms with Crippen LogP contribution in [0.25, 0.3) is 0 Å². The van der Waals surface area contributed by atoms with E-state index in [1.165, 1.54) is 49.4 Å². The molecule has 0 saturated heterocycles. The van der Waals surface area contributed by atoms with Crippen molar-refractivity contribution in [2.75, 3.05) is 11.5 Å². The van der Waals surface area contributed by atoms with Crippen molar-refractivity contribution >= 4 is 43.9 Å². The zero-order valence-corrected chi connectivity index (χ0v) is 20.6. The summed E-state index contributed by atoms with van der Waals surface area (Å²) in [5, 5.41) is 22.2. The minimum Gasteiger partial charge on any atom is -0.502 e. The molecule has 1 aliphatic heterocycles. The summed E-state index contributed by atoms with van der Waals surface area (Å²) in [6.07, 6.45) is 0. The fourth-order valence-corrected chi connectivity index (χ4v) is 6.40. The Morgan fingerprint density at radius 3 is 2.56 bits per heavy atom. The van der Waals surface area contributed by atoms with E-state index in [1.54, 1.807) is 13.0 Å². The maximum absolute atomic E-state index is 13.6. The Morgan fingerprint density at radius 1 is 1.22 bits per heavy atom. The largest absolute Gasteiger partial charge is 0.502 e. The molecule has 0 fully saturated rings. The summed E-state index contributed by atoms with van der Waals surface area (Å²) in [6, 6.07) is 10.8. The fourth-order valence-electron chi connectivity index (χ4n) is 3.76. The minimum atomic E-state index is -4.44. The topological polar surface area (TPSA) is 157 Å². The summed E-state index contributed by atoms with van der Waals surface area (Å²) in [6.45, 7) is 3.25. The summed E-state index contributed by atoms with van der Waals surface area (Å²) in [5.74, 6) is -2.79. The number of non-ortho nitro benzene ring substituents is 1. The Labute approximate surface area is 209 Å². The maximum atomic E-state index is 13.6. The van der Waals surface area contributed by atoms with Crippen molar-refractivity contribution in [3.8, 4) is 0 Å². The third-order valence-electron chi connectivity index (χ3n) is 5.35. The lowest BCUT2D eigenvalue weighted by molar-refractivity contribution is -0.384. The van der Waals surface area contributed by atoms with E-state index >= 15 is 0 Å². The van der Waals surface area contributed by atoms with Crippen LogP contribution in [-0.4, -0.2) is 41.9 Å². The summed E-state index contributed by atoms with van der Waals surface area (Å²) in [7, 11) is -4.44. The Kier molecular flexibility index (Phi) is 6.61. The third kappa shape index (κ3) is 4.22. The molecule has 36 heavy (non-hydrogen) atoms. The molecule has 0 spiro atoms. The molecule has 2 aromatic carbocycles. The highest BCUT2D eigenvalue weighted by Gasteiger charge is 2.49. The molecule has 3 aromatic rings. The molecule has 1 amide bonds. The van der Waals surface area contributed by atoms with E-state index in [-0.39, 0.29) is 38.5 Å². The van der Waals surface area contributed by atoms with Gasteiger partial charge in [0, 0.05) is 12.1 Å². The van der Waals surface area contributed by atoms with Crippen molar-refractivity contribution in [3.05, 3.63) is 91.5 Å². The summed E-state index contributed by atoms with van der Waals surface area (Å²) in [5.41, 5.74) is -0.0511. The number of aryl methyl sites for hydroxylation is 1. The van der Waals surface area contributed by atoms with Crippen LogP contribution in [0.3, 0.4) is 0 Å². The fraction of sp³-hybridized carbons (Fsp3) is 0.174. The highest BCUT2D eigenvalue weighted by Crippen LogP contribution is 2.46. The number of thiazole rings is 1. The van der Waals surface area contributed by atoms with E-state index in [4.69, 9.17) is 4.74 Å². The Bertz CT molecular complexity index is 1510. The van der Waals surface area contributed by atoms with Crippen LogP contribution < -0.4 is 4.90 Å². The van der Waals surface area contributed by atoms with E-state index in [1.807, 2.05) is 0 Å². The number of aliphatic hydroxyl groups excluding tert-OH is 1. The number of sulfone groups is 1. The number of hydrogen-bond donors (Lipinski definition) is 1. The van der Waals surface area contributed by atoms with Gasteiger partial charge in [0.05, 0.1) is 22.1 Å². The van der Waals surface area contributed by atoms with Gasteiger partial charge in [-0.1, -0.05) is 41.7 Å². The smallest absolute Gasteiger partial charge is 0.350 e. The molecule has 0 radical (unpaired) electrons. The first kappa shape index (κ1) is 25.0. The van der Waals surface area contributed by atoms with Gasteiger partial charge in [-0.25, -0.2) is 18.2 Å². The molecule has 13 heteroatoms. The number of nitro benzene ring substituents is 1. The van der Waals surface area contributed by atoms with Gasteiger partial charge >= 0.3 is 5.97 Å². The zero-order chi connectivity index (χ0) is 26.2. The molecule has 11 nitrogen and oxygen atoms in total. The van der Waals surface area contributed by atoms with E-state index in [0.29, 0.717) is 0 Å². The Morgan fingerprint density at radius 2 is 1.92 bits per heavy atom. The number of nitrogens with zero attached hydrogens (tertiary/aromatic N) is 3. The molecular weight excluding hydrogens is 510 g/mol. The van der Waals surface area contributed by atoms with Gasteiger partial charge in [0.15, 0.2) is 10.9 Å². The molecular formula is C23H19N3O8S2. The summed E-state index contributed by atoms with van der Waals surface area (Å²) >= 11 is 0.781. The molecule has 2 heterocycles. The van der Waals surface area contributed by atoms with Crippen molar-refractivity contribution < 1.29 is 32.8 Å². The zero-order valence-electron chi connectivity index (χ0n) is 18.9. The first-order chi connectivity index (χ1) is 17.1. The number of esters is 1. The predicted octanol–water partition coefficient (Wildman–Crippen LogP) is 3.87. The van der Waals surface area contributed by atoms with Crippen molar-refractivity contribution in [1.82, 2.24) is 4.98 Å². The van der Waals surface area contributed by atoms with Gasteiger partial charge in [0.1, 0.15) is 15.8 Å². The van der Waals surface area contributed by atoms with Crippen LogP contribution in [-0.2, 0) is 19.4 Å². The first-order valence-corrected chi connectivity index (χ1v) is 12.8. The average molecular weight is 530 g/mol. The minimum absolute atomic E-state index is 0.0571. The normalized spacial score (nSPS) is 15.9. The maximum Gasteiger partial charge on any atom is 0.350 e. The average Bonchev–Trinajstić information content (AvgIpc) is 3.37. The van der Waals surface area contributed by atoms with Crippen molar-refractivity contribution in [2.24, 2.45) is 0 Å². The highest BCUT2D eigenvalue weighted by atomic mass is 32.2. The quantitative estimate of drug-likeness (QED) is 0.272. The number of carbonyl (C=O) groups is 2. The van der Waals surface area contributed by atoms with Gasteiger partial charge in [-0.2, -0.15) is 0 Å². The number of benzene rings is 2. The van der Waals surface area contributed by atoms with Gasteiger partial charge in [-0.15, -0.1) is 0 Å². The van der Waals surface area contributed by atoms with Gasteiger partial charge < -0.3 is 9.84 Å². The van der Waals surface area contributed by atoms with Crippen molar-refractivity contribution in [2.45, 2.75) is 24.8 Å². The van der Waals surface area contributed by atoms with Crippen LogP contribution >= 0.6 is 11.3 Å².